The van der Waals surface area contributed by atoms with Gasteiger partial charge in [-0.2, -0.15) is 0 Å². The van der Waals surface area contributed by atoms with Crippen LogP contribution in [0.2, 0.25) is 0 Å². The number of thiazole rings is 2. The zero-order chi connectivity index (χ0) is 14.8. The number of carbonyl (C=O) groups is 1. The average Bonchev–Trinajstić information content (AvgIpc) is 3.17. The fraction of sp³-hybridized carbons (Fsp3) is 0.0714. The lowest BCUT2D eigenvalue weighted by Gasteiger charge is -2.13. The maximum atomic E-state index is 12.9. The van der Waals surface area contributed by atoms with Gasteiger partial charge >= 0.3 is 0 Å². The predicted molar refractivity (Wildman–Crippen MR) is 82.4 cm³/mol. The highest BCUT2D eigenvalue weighted by Crippen LogP contribution is 2.28. The van der Waals surface area contributed by atoms with Gasteiger partial charge in [0.05, 0.1) is 0 Å². The van der Waals surface area contributed by atoms with E-state index < -0.39 is 0 Å². The van der Waals surface area contributed by atoms with Gasteiger partial charge in [-0.25, -0.2) is 14.4 Å². The van der Waals surface area contributed by atoms with E-state index in [9.17, 15) is 9.18 Å². The van der Waals surface area contributed by atoms with E-state index in [1.165, 1.54) is 51.8 Å². The van der Waals surface area contributed by atoms with E-state index in [2.05, 4.69) is 9.97 Å². The monoisotopic (exact) mass is 319 g/mol. The first-order valence-corrected chi connectivity index (χ1v) is 7.80. The Hall–Kier alpha value is -2.12. The molecule has 0 aliphatic heterocycles. The highest BCUT2D eigenvalue weighted by molar-refractivity contribution is 7.15. The maximum absolute atomic E-state index is 12.9. The van der Waals surface area contributed by atoms with Crippen LogP contribution in [0.15, 0.2) is 41.2 Å². The number of carbonyl (C=O) groups excluding carboxylic acids is 1. The molecular weight excluding hydrogens is 309 g/mol. The first-order valence-electron chi connectivity index (χ1n) is 6.04. The second-order valence-corrected chi connectivity index (χ2v) is 5.95. The fourth-order valence-electron chi connectivity index (χ4n) is 1.74. The van der Waals surface area contributed by atoms with Gasteiger partial charge in [0.2, 0.25) is 0 Å². The predicted octanol–water partition coefficient (Wildman–Crippen LogP) is 3.68. The summed E-state index contributed by atoms with van der Waals surface area (Å²) in [6, 6.07) is 5.46. The van der Waals surface area contributed by atoms with Crippen LogP contribution in [0.1, 0.15) is 10.4 Å². The molecular formula is C14H10FN3OS2. The molecule has 3 aromatic rings. The van der Waals surface area contributed by atoms with Crippen LogP contribution in [0.3, 0.4) is 0 Å². The molecule has 0 saturated heterocycles. The van der Waals surface area contributed by atoms with Crippen molar-refractivity contribution in [1.82, 2.24) is 9.97 Å². The number of benzene rings is 1. The van der Waals surface area contributed by atoms with Gasteiger partial charge in [0.1, 0.15) is 16.5 Å². The molecule has 0 N–H and O–H groups in total. The van der Waals surface area contributed by atoms with E-state index in [1.807, 2.05) is 10.8 Å². The van der Waals surface area contributed by atoms with E-state index >= 15 is 0 Å². The molecule has 0 unspecified atom stereocenters. The third-order valence-electron chi connectivity index (χ3n) is 2.83. The van der Waals surface area contributed by atoms with Crippen LogP contribution >= 0.6 is 22.7 Å². The van der Waals surface area contributed by atoms with Crippen LogP contribution in [0.25, 0.3) is 10.7 Å². The molecule has 106 valence electrons. The summed E-state index contributed by atoms with van der Waals surface area (Å²) in [5, 5.41) is 5.14. The Labute approximate surface area is 128 Å². The zero-order valence-corrected chi connectivity index (χ0v) is 12.6. The van der Waals surface area contributed by atoms with Gasteiger partial charge in [-0.05, 0) is 24.3 Å². The minimum atomic E-state index is -0.366. The molecule has 0 bridgehead atoms. The normalized spacial score (nSPS) is 10.6. The minimum Gasteiger partial charge on any atom is -0.287 e. The van der Waals surface area contributed by atoms with Crippen molar-refractivity contribution in [3.05, 3.63) is 52.6 Å². The van der Waals surface area contributed by atoms with Crippen molar-refractivity contribution in [2.45, 2.75) is 0 Å². The smallest absolute Gasteiger partial charge is 0.259 e. The number of hydrogen-bond donors (Lipinski definition) is 0. The van der Waals surface area contributed by atoms with Gasteiger partial charge in [-0.15, -0.1) is 22.7 Å². The van der Waals surface area contributed by atoms with Crippen molar-refractivity contribution in [3.63, 3.8) is 0 Å². The Morgan fingerprint density at radius 1 is 1.24 bits per heavy atom. The topological polar surface area (TPSA) is 46.1 Å². The molecule has 1 amide bonds. The maximum Gasteiger partial charge on any atom is 0.259 e. The number of anilines is 1. The standard InChI is InChI=1S/C14H10FN3OS2/c1-18(13(19)9-2-4-10(15)5-3-9)14-17-11(8-21-14)12-16-6-7-20-12/h2-8H,1H3. The molecule has 0 spiro atoms. The molecule has 4 nitrogen and oxygen atoms in total. The molecule has 21 heavy (non-hydrogen) atoms. The van der Waals surface area contributed by atoms with Gasteiger partial charge in [0, 0.05) is 29.6 Å². The molecule has 0 aliphatic rings. The molecule has 0 atom stereocenters. The number of aromatic nitrogens is 2. The van der Waals surface area contributed by atoms with Crippen molar-refractivity contribution < 1.29 is 9.18 Å². The van der Waals surface area contributed by atoms with Crippen molar-refractivity contribution in [2.75, 3.05) is 11.9 Å². The third kappa shape index (κ3) is 2.84. The second kappa shape index (κ2) is 5.71. The number of halogens is 1. The van der Waals surface area contributed by atoms with Crippen LogP contribution < -0.4 is 4.90 Å². The van der Waals surface area contributed by atoms with Crippen LogP contribution in [-0.4, -0.2) is 22.9 Å². The minimum absolute atomic E-state index is 0.227. The Morgan fingerprint density at radius 3 is 2.67 bits per heavy atom. The SMILES string of the molecule is CN(C(=O)c1ccc(F)cc1)c1nc(-c2nccs2)cs1. The third-order valence-corrected chi connectivity index (χ3v) is 4.54. The van der Waals surface area contributed by atoms with E-state index in [4.69, 9.17) is 0 Å². The summed E-state index contributed by atoms with van der Waals surface area (Å²) in [5.74, 6) is -0.593. The van der Waals surface area contributed by atoms with Crippen LogP contribution in [0.4, 0.5) is 9.52 Å². The number of hydrogen-bond acceptors (Lipinski definition) is 5. The van der Waals surface area contributed by atoms with Crippen LogP contribution in [0, 0.1) is 5.82 Å². The van der Waals surface area contributed by atoms with Crippen molar-refractivity contribution in [3.8, 4) is 10.7 Å². The summed E-state index contributed by atoms with van der Waals surface area (Å²) < 4.78 is 12.9. The Balaban J connectivity index is 1.83. The summed E-state index contributed by atoms with van der Waals surface area (Å²) in [5.41, 5.74) is 1.17. The van der Waals surface area contributed by atoms with Gasteiger partial charge in [-0.1, -0.05) is 0 Å². The Morgan fingerprint density at radius 2 is 2.00 bits per heavy atom. The van der Waals surface area contributed by atoms with Crippen molar-refractivity contribution in [2.24, 2.45) is 0 Å². The van der Waals surface area contributed by atoms with Crippen LogP contribution in [0.5, 0.6) is 0 Å². The summed E-state index contributed by atoms with van der Waals surface area (Å²) in [6.07, 6.45) is 1.71. The molecule has 1 aromatic carbocycles. The van der Waals surface area contributed by atoms with Gasteiger partial charge in [-0.3, -0.25) is 9.69 Å². The number of nitrogens with zero attached hydrogens (tertiary/aromatic N) is 3. The summed E-state index contributed by atoms with van der Waals surface area (Å²) in [6.45, 7) is 0. The molecule has 0 fully saturated rings. The van der Waals surface area contributed by atoms with Gasteiger partial charge in [0.15, 0.2) is 5.13 Å². The van der Waals surface area contributed by atoms with Gasteiger partial charge < -0.3 is 0 Å². The largest absolute Gasteiger partial charge is 0.287 e. The van der Waals surface area contributed by atoms with E-state index in [0.29, 0.717) is 10.7 Å². The second-order valence-electron chi connectivity index (χ2n) is 4.22. The Bertz CT molecular complexity index is 753. The van der Waals surface area contributed by atoms with Crippen LogP contribution in [-0.2, 0) is 0 Å². The Kier molecular flexibility index (Phi) is 3.76. The molecule has 2 heterocycles. The molecule has 3 rings (SSSR count). The van der Waals surface area contributed by atoms with E-state index in [0.717, 1.165) is 10.7 Å². The average molecular weight is 319 g/mol. The summed E-state index contributed by atoms with van der Waals surface area (Å²) in [7, 11) is 1.65. The highest BCUT2D eigenvalue weighted by Gasteiger charge is 2.17. The van der Waals surface area contributed by atoms with Crippen molar-refractivity contribution >= 4 is 33.7 Å². The highest BCUT2D eigenvalue weighted by atomic mass is 32.1. The first-order chi connectivity index (χ1) is 10.1. The first kappa shape index (κ1) is 13.8. The van der Waals surface area contributed by atoms with E-state index in [-0.39, 0.29) is 11.7 Å². The van der Waals surface area contributed by atoms with Gasteiger partial charge in [0.25, 0.3) is 5.91 Å². The summed E-state index contributed by atoms with van der Waals surface area (Å²) >= 11 is 2.86. The number of rotatable bonds is 3. The zero-order valence-electron chi connectivity index (χ0n) is 11.0. The van der Waals surface area contributed by atoms with Crippen molar-refractivity contribution in [1.29, 1.82) is 0 Å². The van der Waals surface area contributed by atoms with E-state index in [1.54, 1.807) is 13.2 Å². The lowest BCUT2D eigenvalue weighted by molar-refractivity contribution is 0.0993. The summed E-state index contributed by atoms with van der Waals surface area (Å²) in [4.78, 5) is 22.4. The fourth-order valence-corrected chi connectivity index (χ4v) is 3.19. The molecule has 0 saturated carbocycles. The number of amides is 1. The lowest BCUT2D eigenvalue weighted by Crippen LogP contribution is -2.26. The molecule has 0 radical (unpaired) electrons. The quantitative estimate of drug-likeness (QED) is 0.740. The lowest BCUT2D eigenvalue weighted by atomic mass is 10.2. The molecule has 7 heteroatoms. The molecule has 2 aromatic heterocycles. The molecule has 0 aliphatic carbocycles.